The van der Waals surface area contributed by atoms with E-state index in [4.69, 9.17) is 0 Å². The van der Waals surface area contributed by atoms with Crippen LogP contribution in [-0.2, 0) is 6.54 Å². The fourth-order valence-corrected chi connectivity index (χ4v) is 2.74. The number of rotatable bonds is 10. The Morgan fingerprint density at radius 2 is 1.85 bits per heavy atom. The lowest BCUT2D eigenvalue weighted by Gasteiger charge is -2.12. The van der Waals surface area contributed by atoms with Gasteiger partial charge < -0.3 is 16.0 Å². The average Bonchev–Trinajstić information content (AvgIpc) is 2.96. The van der Waals surface area contributed by atoms with Gasteiger partial charge in [-0.25, -0.2) is 0 Å². The van der Waals surface area contributed by atoms with E-state index >= 15 is 0 Å². The quantitative estimate of drug-likeness (QED) is 0.209. The third kappa shape index (κ3) is 9.12. The van der Waals surface area contributed by atoms with Crippen molar-refractivity contribution in [3.8, 4) is 0 Å². The Kier molecular flexibility index (Phi) is 11.6. The van der Waals surface area contributed by atoms with Crippen LogP contribution in [0.25, 0.3) is 0 Å². The highest BCUT2D eigenvalue weighted by molar-refractivity contribution is 14.0. The molecule has 0 saturated heterocycles. The molecule has 0 aliphatic carbocycles. The topological polar surface area (TPSA) is 66.3 Å². The van der Waals surface area contributed by atoms with Crippen LogP contribution < -0.4 is 16.0 Å². The van der Waals surface area contributed by atoms with Gasteiger partial charge in [-0.05, 0) is 51.8 Å². The highest BCUT2D eigenvalue weighted by Gasteiger charge is 2.01. The Morgan fingerprint density at radius 3 is 2.52 bits per heavy atom. The van der Waals surface area contributed by atoms with Crippen LogP contribution in [0.2, 0.25) is 0 Å². The van der Waals surface area contributed by atoms with E-state index < -0.39 is 0 Å². The van der Waals surface area contributed by atoms with Gasteiger partial charge in [0, 0.05) is 44.1 Å². The molecule has 3 N–H and O–H groups in total. The summed E-state index contributed by atoms with van der Waals surface area (Å²) in [5, 5.41) is 14.6. The second-order valence-corrected chi connectivity index (χ2v) is 6.34. The average molecular weight is 484 g/mol. The molecule has 1 aromatic heterocycles. The summed E-state index contributed by atoms with van der Waals surface area (Å²) in [4.78, 5) is 4.65. The highest BCUT2D eigenvalue weighted by Crippen LogP contribution is 2.04. The molecule has 0 unspecified atom stereocenters. The lowest BCUT2D eigenvalue weighted by molar-refractivity contribution is 0.567. The van der Waals surface area contributed by atoms with E-state index in [1.807, 2.05) is 25.1 Å². The molecule has 0 atom stereocenters. The number of hydrogen-bond acceptors (Lipinski definition) is 3. The summed E-state index contributed by atoms with van der Waals surface area (Å²) in [5.74, 6) is 0.889. The third-order valence-corrected chi connectivity index (χ3v) is 3.99. The monoisotopic (exact) mass is 484 g/mol. The molecule has 0 aliphatic rings. The number of aryl methyl sites for hydroxylation is 3. The van der Waals surface area contributed by atoms with Crippen LogP contribution in [0.4, 0.5) is 5.69 Å². The maximum Gasteiger partial charge on any atom is 0.191 e. The van der Waals surface area contributed by atoms with E-state index in [1.54, 1.807) is 0 Å². The first-order valence-electron chi connectivity index (χ1n) is 9.51. The maximum atomic E-state index is 4.65. The van der Waals surface area contributed by atoms with Gasteiger partial charge in [-0.3, -0.25) is 9.67 Å². The van der Waals surface area contributed by atoms with Gasteiger partial charge >= 0.3 is 0 Å². The molecule has 0 saturated carbocycles. The van der Waals surface area contributed by atoms with Crippen molar-refractivity contribution in [3.63, 3.8) is 0 Å². The number of hydrogen-bond donors (Lipinski definition) is 3. The van der Waals surface area contributed by atoms with Gasteiger partial charge in [0.2, 0.25) is 0 Å². The second kappa shape index (κ2) is 13.4. The van der Waals surface area contributed by atoms with Gasteiger partial charge in [0.1, 0.15) is 0 Å². The van der Waals surface area contributed by atoms with Gasteiger partial charge in [-0.15, -0.1) is 24.0 Å². The lowest BCUT2D eigenvalue weighted by Crippen LogP contribution is -2.38. The number of anilines is 1. The van der Waals surface area contributed by atoms with E-state index in [2.05, 4.69) is 62.8 Å². The molecule has 0 aliphatic heterocycles. The summed E-state index contributed by atoms with van der Waals surface area (Å²) in [7, 11) is 0. The number of aromatic nitrogens is 2. The van der Waals surface area contributed by atoms with Gasteiger partial charge in [0.25, 0.3) is 0 Å². The van der Waals surface area contributed by atoms with Crippen LogP contribution >= 0.6 is 24.0 Å². The Hall–Kier alpha value is -1.77. The number of halogens is 1. The molecule has 0 fully saturated rings. The summed E-state index contributed by atoms with van der Waals surface area (Å²) in [6.45, 7) is 10.6. The molecule has 2 aromatic rings. The summed E-state index contributed by atoms with van der Waals surface area (Å²) in [6, 6.07) is 12.4. The van der Waals surface area contributed by atoms with Crippen LogP contribution in [0.5, 0.6) is 0 Å². The Bertz CT molecular complexity index is 668. The fourth-order valence-electron chi connectivity index (χ4n) is 2.74. The normalized spacial score (nSPS) is 11.0. The van der Waals surface area contributed by atoms with Gasteiger partial charge in [0.15, 0.2) is 5.96 Å². The first-order valence-corrected chi connectivity index (χ1v) is 9.51. The van der Waals surface area contributed by atoms with E-state index in [9.17, 15) is 0 Å². The number of aliphatic imine (C=N–C) groups is 1. The van der Waals surface area contributed by atoms with Crippen molar-refractivity contribution in [2.45, 2.75) is 40.2 Å². The van der Waals surface area contributed by atoms with Crippen molar-refractivity contribution in [1.82, 2.24) is 20.4 Å². The van der Waals surface area contributed by atoms with E-state index in [1.165, 1.54) is 5.69 Å². The first-order chi connectivity index (χ1) is 12.7. The van der Waals surface area contributed by atoms with Crippen LogP contribution in [0, 0.1) is 13.8 Å². The van der Waals surface area contributed by atoms with Gasteiger partial charge in [-0.1, -0.05) is 18.2 Å². The molecule has 1 aromatic carbocycles. The molecular weight excluding hydrogens is 451 g/mol. The number of guanidine groups is 1. The zero-order chi connectivity index (χ0) is 18.6. The molecule has 6 nitrogen and oxygen atoms in total. The largest absolute Gasteiger partial charge is 0.385 e. The Labute approximate surface area is 180 Å². The lowest BCUT2D eigenvalue weighted by atomic mass is 10.3. The molecule has 7 heteroatoms. The second-order valence-electron chi connectivity index (χ2n) is 6.34. The molecule has 0 bridgehead atoms. The van der Waals surface area contributed by atoms with E-state index in [0.717, 1.165) is 62.9 Å². The van der Waals surface area contributed by atoms with Crippen molar-refractivity contribution in [2.24, 2.45) is 4.99 Å². The van der Waals surface area contributed by atoms with Crippen LogP contribution in [0.15, 0.2) is 41.4 Å². The predicted molar refractivity (Wildman–Crippen MR) is 125 cm³/mol. The maximum absolute atomic E-state index is 4.65. The summed E-state index contributed by atoms with van der Waals surface area (Å²) >= 11 is 0. The number of nitrogens with one attached hydrogen (secondary N) is 3. The van der Waals surface area contributed by atoms with Crippen molar-refractivity contribution in [2.75, 3.05) is 31.5 Å². The molecule has 1 heterocycles. The van der Waals surface area contributed by atoms with Gasteiger partial charge in [0.05, 0.1) is 5.69 Å². The smallest absolute Gasteiger partial charge is 0.191 e. The van der Waals surface area contributed by atoms with Gasteiger partial charge in [-0.2, -0.15) is 5.10 Å². The fraction of sp³-hybridized carbons (Fsp3) is 0.500. The minimum Gasteiger partial charge on any atom is -0.385 e. The van der Waals surface area contributed by atoms with Crippen molar-refractivity contribution in [3.05, 3.63) is 47.8 Å². The Morgan fingerprint density at radius 1 is 1.07 bits per heavy atom. The van der Waals surface area contributed by atoms with Crippen molar-refractivity contribution >= 4 is 35.6 Å². The first kappa shape index (κ1) is 23.3. The molecule has 0 spiro atoms. The predicted octanol–water partition coefficient (Wildman–Crippen LogP) is 3.57. The summed E-state index contributed by atoms with van der Waals surface area (Å²) < 4.78 is 2.06. The molecular formula is C20H33IN6. The zero-order valence-electron chi connectivity index (χ0n) is 16.7. The highest BCUT2D eigenvalue weighted by atomic mass is 127. The number of nitrogens with zero attached hydrogens (tertiary/aromatic N) is 3. The van der Waals surface area contributed by atoms with Crippen LogP contribution in [-0.4, -0.2) is 41.9 Å². The molecule has 2 rings (SSSR count). The van der Waals surface area contributed by atoms with Crippen LogP contribution in [0.3, 0.4) is 0 Å². The van der Waals surface area contributed by atoms with Crippen molar-refractivity contribution in [1.29, 1.82) is 0 Å². The Balaban J connectivity index is 0.00000364. The minimum absolute atomic E-state index is 0. The summed E-state index contributed by atoms with van der Waals surface area (Å²) in [5.41, 5.74) is 3.45. The van der Waals surface area contributed by atoms with Crippen molar-refractivity contribution < 1.29 is 0 Å². The summed E-state index contributed by atoms with van der Waals surface area (Å²) in [6.07, 6.45) is 2.01. The minimum atomic E-state index is 0. The molecule has 0 radical (unpaired) electrons. The number of benzene rings is 1. The number of para-hydroxylation sites is 1. The SMILES string of the molecule is CCNC(=NCCCn1nc(C)cc1C)NCCCNc1ccccc1.I. The van der Waals surface area contributed by atoms with Crippen LogP contribution in [0.1, 0.15) is 31.2 Å². The molecule has 150 valence electrons. The van der Waals surface area contributed by atoms with E-state index in [-0.39, 0.29) is 24.0 Å². The zero-order valence-corrected chi connectivity index (χ0v) is 19.0. The third-order valence-electron chi connectivity index (χ3n) is 3.99. The molecule has 27 heavy (non-hydrogen) atoms. The van der Waals surface area contributed by atoms with E-state index in [0.29, 0.717) is 0 Å². The molecule has 0 amide bonds. The standard InChI is InChI=1S/C20H32N6.HI/c1-4-21-20(23-13-8-12-22-19-10-6-5-7-11-19)24-14-9-15-26-18(3)16-17(2)25-26;/h5-7,10-11,16,22H,4,8-9,12-15H2,1-3H3,(H2,21,23,24);1H.